The van der Waals surface area contributed by atoms with Gasteiger partial charge in [0.05, 0.1) is 10.6 Å². The second-order valence-corrected chi connectivity index (χ2v) is 8.15. The molecule has 6 heteroatoms. The molecule has 1 aliphatic rings. The molecule has 1 aromatic heterocycles. The number of aromatic nitrogens is 1. The summed E-state index contributed by atoms with van der Waals surface area (Å²) in [5.74, 6) is 0.633. The SMILES string of the molecule is Cc1cc(-c2ccc(S(=O)(=O)N3CCc4ccccc4C3)cc2)on1. The predicted molar refractivity (Wildman–Crippen MR) is 94.4 cm³/mol. The van der Waals surface area contributed by atoms with E-state index in [1.54, 1.807) is 28.6 Å². The third-order valence-corrected chi connectivity index (χ3v) is 6.36. The summed E-state index contributed by atoms with van der Waals surface area (Å²) in [6, 6.07) is 16.6. The van der Waals surface area contributed by atoms with E-state index in [2.05, 4.69) is 11.2 Å². The first-order valence-corrected chi connectivity index (χ1v) is 9.59. The second-order valence-electron chi connectivity index (χ2n) is 6.21. The molecular formula is C19H18N2O3S. The zero-order chi connectivity index (χ0) is 17.4. The summed E-state index contributed by atoms with van der Waals surface area (Å²) in [6.45, 7) is 2.77. The molecule has 2 aromatic carbocycles. The molecular weight excluding hydrogens is 336 g/mol. The molecule has 0 bridgehead atoms. The van der Waals surface area contributed by atoms with Crippen molar-refractivity contribution in [3.63, 3.8) is 0 Å². The molecule has 0 atom stereocenters. The van der Waals surface area contributed by atoms with E-state index in [0.717, 1.165) is 23.2 Å². The number of hydrogen-bond acceptors (Lipinski definition) is 4. The minimum Gasteiger partial charge on any atom is -0.356 e. The van der Waals surface area contributed by atoms with Gasteiger partial charge >= 0.3 is 0 Å². The Morgan fingerprint density at radius 1 is 1.04 bits per heavy atom. The lowest BCUT2D eigenvalue weighted by Gasteiger charge is -2.28. The third-order valence-electron chi connectivity index (χ3n) is 4.50. The van der Waals surface area contributed by atoms with Gasteiger partial charge in [0.2, 0.25) is 10.0 Å². The Labute approximate surface area is 146 Å². The molecule has 0 saturated heterocycles. The first-order chi connectivity index (χ1) is 12.0. The topological polar surface area (TPSA) is 63.4 Å². The van der Waals surface area contributed by atoms with Crippen molar-refractivity contribution in [1.29, 1.82) is 0 Å². The Morgan fingerprint density at radius 3 is 2.44 bits per heavy atom. The molecule has 3 aromatic rings. The van der Waals surface area contributed by atoms with E-state index in [4.69, 9.17) is 4.52 Å². The number of hydrogen-bond donors (Lipinski definition) is 0. The van der Waals surface area contributed by atoms with Gasteiger partial charge in [0, 0.05) is 24.7 Å². The van der Waals surface area contributed by atoms with Gasteiger partial charge in [0.1, 0.15) is 0 Å². The highest BCUT2D eigenvalue weighted by molar-refractivity contribution is 7.89. The van der Waals surface area contributed by atoms with Crippen molar-refractivity contribution in [2.24, 2.45) is 0 Å². The number of aryl methyl sites for hydroxylation is 1. The molecule has 0 unspecified atom stereocenters. The van der Waals surface area contributed by atoms with Crippen LogP contribution in [0.25, 0.3) is 11.3 Å². The van der Waals surface area contributed by atoms with Crippen LogP contribution in [0.2, 0.25) is 0 Å². The van der Waals surface area contributed by atoms with E-state index in [0.29, 0.717) is 23.7 Å². The average molecular weight is 354 g/mol. The Hall–Kier alpha value is -2.44. The van der Waals surface area contributed by atoms with Crippen LogP contribution in [0.1, 0.15) is 16.8 Å². The minimum absolute atomic E-state index is 0.298. The van der Waals surface area contributed by atoms with Crippen molar-refractivity contribution in [2.45, 2.75) is 24.8 Å². The summed E-state index contributed by atoms with van der Waals surface area (Å²) in [6.07, 6.45) is 0.741. The number of fused-ring (bicyclic) bond motifs is 1. The van der Waals surface area contributed by atoms with Gasteiger partial charge in [0.15, 0.2) is 5.76 Å². The smallest absolute Gasteiger partial charge is 0.243 e. The highest BCUT2D eigenvalue weighted by Gasteiger charge is 2.28. The van der Waals surface area contributed by atoms with Crippen LogP contribution in [0, 0.1) is 6.92 Å². The van der Waals surface area contributed by atoms with Crippen molar-refractivity contribution in [1.82, 2.24) is 9.46 Å². The molecule has 0 amide bonds. The lowest BCUT2D eigenvalue weighted by atomic mass is 10.0. The standard InChI is InChI=1S/C19H18N2O3S/c1-14-12-19(24-20-14)16-6-8-18(9-7-16)25(22,23)21-11-10-15-4-2-3-5-17(15)13-21/h2-9,12H,10-11,13H2,1H3. The summed E-state index contributed by atoms with van der Waals surface area (Å²) in [7, 11) is -3.51. The fourth-order valence-corrected chi connectivity index (χ4v) is 4.53. The molecule has 0 saturated carbocycles. The fourth-order valence-electron chi connectivity index (χ4n) is 3.11. The number of benzene rings is 2. The van der Waals surface area contributed by atoms with Gasteiger partial charge in [-0.2, -0.15) is 4.31 Å². The third kappa shape index (κ3) is 2.99. The molecule has 0 fully saturated rings. The van der Waals surface area contributed by atoms with Crippen LogP contribution in [0.5, 0.6) is 0 Å². The fraction of sp³-hybridized carbons (Fsp3) is 0.211. The maximum Gasteiger partial charge on any atom is 0.243 e. The molecule has 2 heterocycles. The van der Waals surface area contributed by atoms with Gasteiger partial charge < -0.3 is 4.52 Å². The summed E-state index contributed by atoms with van der Waals surface area (Å²) in [5, 5.41) is 3.86. The van der Waals surface area contributed by atoms with Gasteiger partial charge in [-0.25, -0.2) is 8.42 Å². The highest BCUT2D eigenvalue weighted by Crippen LogP contribution is 2.27. The monoisotopic (exact) mass is 354 g/mol. The number of sulfonamides is 1. The van der Waals surface area contributed by atoms with E-state index in [1.165, 1.54) is 5.56 Å². The van der Waals surface area contributed by atoms with Crippen LogP contribution in [0.15, 0.2) is 64.0 Å². The minimum atomic E-state index is -3.51. The van der Waals surface area contributed by atoms with Gasteiger partial charge in [-0.05, 0) is 48.7 Å². The lowest BCUT2D eigenvalue weighted by molar-refractivity contribution is 0.391. The Morgan fingerprint density at radius 2 is 1.76 bits per heavy atom. The van der Waals surface area contributed by atoms with Crippen LogP contribution in [-0.2, 0) is 23.0 Å². The largest absolute Gasteiger partial charge is 0.356 e. The van der Waals surface area contributed by atoms with Crippen molar-refractivity contribution < 1.29 is 12.9 Å². The van der Waals surface area contributed by atoms with Crippen molar-refractivity contribution in [3.8, 4) is 11.3 Å². The average Bonchev–Trinajstić information content (AvgIpc) is 3.08. The van der Waals surface area contributed by atoms with Crippen LogP contribution in [0.4, 0.5) is 0 Å². The van der Waals surface area contributed by atoms with Crippen molar-refractivity contribution >= 4 is 10.0 Å². The zero-order valence-electron chi connectivity index (χ0n) is 13.8. The van der Waals surface area contributed by atoms with Gasteiger partial charge in [-0.1, -0.05) is 29.4 Å². The first kappa shape index (κ1) is 16.1. The van der Waals surface area contributed by atoms with E-state index < -0.39 is 10.0 Å². The van der Waals surface area contributed by atoms with Crippen LogP contribution in [0.3, 0.4) is 0 Å². The summed E-state index contributed by atoms with van der Waals surface area (Å²) >= 11 is 0. The number of nitrogens with zero attached hydrogens (tertiary/aromatic N) is 2. The molecule has 0 spiro atoms. The Bertz CT molecular complexity index is 1010. The molecule has 1 aliphatic heterocycles. The van der Waals surface area contributed by atoms with Gasteiger partial charge in [-0.3, -0.25) is 0 Å². The summed E-state index contributed by atoms with van der Waals surface area (Å²) < 4.78 is 32.6. The zero-order valence-corrected chi connectivity index (χ0v) is 14.7. The van der Waals surface area contributed by atoms with Crippen LogP contribution < -0.4 is 0 Å². The number of rotatable bonds is 3. The lowest BCUT2D eigenvalue weighted by Crippen LogP contribution is -2.35. The van der Waals surface area contributed by atoms with Gasteiger partial charge in [0.25, 0.3) is 0 Å². The van der Waals surface area contributed by atoms with E-state index in [9.17, 15) is 8.42 Å². The first-order valence-electron chi connectivity index (χ1n) is 8.15. The molecule has 25 heavy (non-hydrogen) atoms. The Balaban J connectivity index is 1.60. The van der Waals surface area contributed by atoms with Crippen LogP contribution in [-0.4, -0.2) is 24.4 Å². The van der Waals surface area contributed by atoms with Crippen LogP contribution >= 0.6 is 0 Å². The summed E-state index contributed by atoms with van der Waals surface area (Å²) in [5.41, 5.74) is 3.90. The highest BCUT2D eigenvalue weighted by atomic mass is 32.2. The molecule has 128 valence electrons. The summed E-state index contributed by atoms with van der Waals surface area (Å²) in [4.78, 5) is 0.298. The molecule has 0 aliphatic carbocycles. The Kier molecular flexibility index (Phi) is 3.94. The predicted octanol–water partition coefficient (Wildman–Crippen LogP) is 3.40. The van der Waals surface area contributed by atoms with Crippen molar-refractivity contribution in [3.05, 3.63) is 71.4 Å². The quantitative estimate of drug-likeness (QED) is 0.723. The molecule has 5 nitrogen and oxygen atoms in total. The molecule has 0 N–H and O–H groups in total. The molecule has 4 rings (SSSR count). The van der Waals surface area contributed by atoms with E-state index >= 15 is 0 Å². The molecule has 0 radical (unpaired) electrons. The second kappa shape index (κ2) is 6.13. The normalized spacial score (nSPS) is 15.1. The van der Waals surface area contributed by atoms with E-state index in [1.807, 2.05) is 31.2 Å². The van der Waals surface area contributed by atoms with Crippen molar-refractivity contribution in [2.75, 3.05) is 6.54 Å². The maximum atomic E-state index is 12.9. The maximum absolute atomic E-state index is 12.9. The van der Waals surface area contributed by atoms with Gasteiger partial charge in [-0.15, -0.1) is 0 Å². The van der Waals surface area contributed by atoms with E-state index in [-0.39, 0.29) is 0 Å².